The number of anilines is 1. The second-order valence-corrected chi connectivity index (χ2v) is 7.13. The van der Waals surface area contributed by atoms with E-state index in [4.69, 9.17) is 4.74 Å². The molecule has 0 aliphatic carbocycles. The molecule has 0 spiro atoms. The maximum Gasteiger partial charge on any atom is 0.278 e. The van der Waals surface area contributed by atoms with Gasteiger partial charge in [-0.15, -0.1) is 0 Å². The van der Waals surface area contributed by atoms with Crippen LogP contribution in [0.4, 0.5) is 14.5 Å². The molecule has 0 saturated heterocycles. The van der Waals surface area contributed by atoms with E-state index in [1.165, 1.54) is 6.07 Å². The normalized spacial score (nSPS) is 14.1. The van der Waals surface area contributed by atoms with Crippen molar-refractivity contribution in [1.82, 2.24) is 4.90 Å². The Morgan fingerprint density at radius 3 is 2.43 bits per heavy atom. The molecule has 2 aromatic rings. The van der Waals surface area contributed by atoms with E-state index in [2.05, 4.69) is 5.32 Å². The van der Waals surface area contributed by atoms with Gasteiger partial charge in [0.25, 0.3) is 11.8 Å². The predicted molar refractivity (Wildman–Crippen MR) is 111 cm³/mol. The van der Waals surface area contributed by atoms with E-state index < -0.39 is 23.4 Å². The zero-order valence-corrected chi connectivity index (χ0v) is 17.2. The Morgan fingerprint density at radius 1 is 1.00 bits per heavy atom. The van der Waals surface area contributed by atoms with Gasteiger partial charge in [0.1, 0.15) is 5.70 Å². The lowest BCUT2D eigenvalue weighted by molar-refractivity contribution is -0.137. The quantitative estimate of drug-likeness (QED) is 0.520. The molecule has 5 nitrogen and oxygen atoms in total. The number of aryl methyl sites for hydroxylation is 2. The maximum absolute atomic E-state index is 13.7. The largest absolute Gasteiger partial charge is 0.382 e. The van der Waals surface area contributed by atoms with E-state index in [1.807, 2.05) is 32.9 Å². The third-order valence-corrected chi connectivity index (χ3v) is 4.88. The first-order valence-electron chi connectivity index (χ1n) is 9.81. The number of carbonyl (C=O) groups excluding carboxylic acids is 2. The van der Waals surface area contributed by atoms with Crippen molar-refractivity contribution in [2.24, 2.45) is 0 Å². The summed E-state index contributed by atoms with van der Waals surface area (Å²) in [6, 6.07) is 8.82. The van der Waals surface area contributed by atoms with Gasteiger partial charge in [0.05, 0.1) is 5.57 Å². The van der Waals surface area contributed by atoms with Gasteiger partial charge >= 0.3 is 0 Å². The molecule has 0 bridgehead atoms. The van der Waals surface area contributed by atoms with Crippen molar-refractivity contribution in [3.8, 4) is 0 Å². The van der Waals surface area contributed by atoms with E-state index in [0.717, 1.165) is 28.2 Å². The van der Waals surface area contributed by atoms with Gasteiger partial charge in [0, 0.05) is 31.5 Å². The van der Waals surface area contributed by atoms with Crippen molar-refractivity contribution in [2.75, 3.05) is 25.1 Å². The number of nitrogens with one attached hydrogen (secondary N) is 1. The number of imide groups is 1. The van der Waals surface area contributed by atoms with E-state index in [1.54, 1.807) is 6.07 Å². The molecule has 1 N–H and O–H groups in total. The Morgan fingerprint density at radius 2 is 1.77 bits per heavy atom. The van der Waals surface area contributed by atoms with Gasteiger partial charge in [-0.25, -0.2) is 8.78 Å². The molecule has 0 radical (unpaired) electrons. The van der Waals surface area contributed by atoms with Crippen molar-refractivity contribution in [1.29, 1.82) is 0 Å². The molecule has 1 heterocycles. The number of carbonyl (C=O) groups is 2. The van der Waals surface area contributed by atoms with Gasteiger partial charge in [-0.2, -0.15) is 0 Å². The van der Waals surface area contributed by atoms with Gasteiger partial charge in [0.2, 0.25) is 0 Å². The highest BCUT2D eigenvalue weighted by molar-refractivity contribution is 6.36. The first-order valence-corrected chi connectivity index (χ1v) is 9.81. The van der Waals surface area contributed by atoms with Crippen LogP contribution in [0.15, 0.2) is 42.1 Å². The van der Waals surface area contributed by atoms with Crippen molar-refractivity contribution in [2.45, 2.75) is 27.2 Å². The van der Waals surface area contributed by atoms with E-state index in [9.17, 15) is 18.4 Å². The van der Waals surface area contributed by atoms with Crippen LogP contribution in [-0.2, 0) is 14.3 Å². The Bertz CT molecular complexity index is 1020. The molecule has 0 aromatic heterocycles. The summed E-state index contributed by atoms with van der Waals surface area (Å²) in [6.45, 7) is 6.85. The van der Waals surface area contributed by atoms with Crippen molar-refractivity contribution < 1.29 is 23.1 Å². The van der Waals surface area contributed by atoms with Crippen LogP contribution in [0.3, 0.4) is 0 Å². The van der Waals surface area contributed by atoms with Gasteiger partial charge in [-0.05, 0) is 50.5 Å². The molecule has 2 amide bonds. The Hall–Kier alpha value is -3.06. The van der Waals surface area contributed by atoms with Gasteiger partial charge in [-0.3, -0.25) is 14.5 Å². The fourth-order valence-electron chi connectivity index (χ4n) is 3.43. The van der Waals surface area contributed by atoms with Crippen LogP contribution in [0, 0.1) is 25.5 Å². The highest BCUT2D eigenvalue weighted by Gasteiger charge is 2.39. The molecule has 1 aliphatic heterocycles. The number of nitrogens with zero attached hydrogens (tertiary/aromatic N) is 1. The van der Waals surface area contributed by atoms with E-state index in [0.29, 0.717) is 25.2 Å². The first kappa shape index (κ1) is 21.6. The summed E-state index contributed by atoms with van der Waals surface area (Å²) < 4.78 is 32.3. The summed E-state index contributed by atoms with van der Waals surface area (Å²) in [4.78, 5) is 27.4. The van der Waals surface area contributed by atoms with Crippen molar-refractivity contribution >= 4 is 23.1 Å². The predicted octanol–water partition coefficient (Wildman–Crippen LogP) is 4.20. The number of hydrogen-bond donors (Lipinski definition) is 1. The zero-order chi connectivity index (χ0) is 21.8. The Labute approximate surface area is 174 Å². The second-order valence-electron chi connectivity index (χ2n) is 7.13. The lowest BCUT2D eigenvalue weighted by Crippen LogP contribution is -2.34. The fraction of sp³-hybridized carbons (Fsp3) is 0.304. The molecule has 0 saturated carbocycles. The Balaban J connectivity index is 2.00. The number of halogens is 2. The zero-order valence-electron chi connectivity index (χ0n) is 17.2. The van der Waals surface area contributed by atoms with E-state index >= 15 is 0 Å². The Kier molecular flexibility index (Phi) is 6.62. The molecule has 1 aliphatic rings. The molecule has 2 aromatic carbocycles. The monoisotopic (exact) mass is 414 g/mol. The highest BCUT2D eigenvalue weighted by atomic mass is 19.2. The summed E-state index contributed by atoms with van der Waals surface area (Å²) in [5.41, 5.74) is 2.94. The molecule has 0 fully saturated rings. The van der Waals surface area contributed by atoms with Gasteiger partial charge < -0.3 is 10.1 Å². The third kappa shape index (κ3) is 4.41. The molecule has 30 heavy (non-hydrogen) atoms. The molecule has 158 valence electrons. The molecule has 0 atom stereocenters. The molecular formula is C23H24F2N2O3. The van der Waals surface area contributed by atoms with Crippen LogP contribution in [-0.4, -0.2) is 36.5 Å². The number of benzene rings is 2. The maximum atomic E-state index is 13.7. The minimum atomic E-state index is -1.04. The third-order valence-electron chi connectivity index (χ3n) is 4.88. The fourth-order valence-corrected chi connectivity index (χ4v) is 3.43. The van der Waals surface area contributed by atoms with Crippen molar-refractivity contribution in [3.05, 3.63) is 70.4 Å². The summed E-state index contributed by atoms with van der Waals surface area (Å²) in [5, 5.41) is 2.84. The van der Waals surface area contributed by atoms with Crippen LogP contribution in [0.1, 0.15) is 30.0 Å². The second kappa shape index (κ2) is 9.17. The number of amides is 2. The minimum Gasteiger partial charge on any atom is -0.382 e. The summed E-state index contributed by atoms with van der Waals surface area (Å²) in [6.07, 6.45) is 0.504. The average Bonchev–Trinajstić information content (AvgIpc) is 2.92. The highest BCUT2D eigenvalue weighted by Crippen LogP contribution is 2.32. The number of rotatable bonds is 8. The molecule has 0 unspecified atom stereocenters. The number of hydrogen-bond acceptors (Lipinski definition) is 4. The lowest BCUT2D eigenvalue weighted by Gasteiger charge is -2.15. The van der Waals surface area contributed by atoms with Gasteiger partial charge in [0.15, 0.2) is 11.6 Å². The smallest absolute Gasteiger partial charge is 0.278 e. The molecular weight excluding hydrogens is 390 g/mol. The van der Waals surface area contributed by atoms with Crippen molar-refractivity contribution in [3.63, 3.8) is 0 Å². The summed E-state index contributed by atoms with van der Waals surface area (Å²) in [7, 11) is 0. The van der Waals surface area contributed by atoms with Crippen LogP contribution >= 0.6 is 0 Å². The van der Waals surface area contributed by atoms with Crippen LogP contribution in [0.25, 0.3) is 5.57 Å². The summed E-state index contributed by atoms with van der Waals surface area (Å²) >= 11 is 0. The SMILES string of the molecule is CCOCCCN1C(=O)C(Nc2ccc(F)c(F)c2)=C(c2ccc(C)cc2C)C1=O. The van der Waals surface area contributed by atoms with Gasteiger partial charge in [-0.1, -0.05) is 23.8 Å². The standard InChI is InChI=1S/C23H24F2N2O3/c1-4-30-11-5-10-27-22(28)20(17-8-6-14(2)12-15(17)3)21(23(27)29)26-16-7-9-18(24)19(25)13-16/h6-9,12-13,26H,4-5,10-11H2,1-3H3. The minimum absolute atomic E-state index is 0.0503. The molecule has 3 rings (SSSR count). The summed E-state index contributed by atoms with van der Waals surface area (Å²) in [5.74, 6) is -2.96. The topological polar surface area (TPSA) is 58.6 Å². The lowest BCUT2D eigenvalue weighted by atomic mass is 9.97. The van der Waals surface area contributed by atoms with Crippen LogP contribution < -0.4 is 5.32 Å². The van der Waals surface area contributed by atoms with Crippen LogP contribution in [0.2, 0.25) is 0 Å². The average molecular weight is 414 g/mol. The molecule has 7 heteroatoms. The van der Waals surface area contributed by atoms with Crippen LogP contribution in [0.5, 0.6) is 0 Å². The first-order chi connectivity index (χ1) is 14.3. The van der Waals surface area contributed by atoms with E-state index in [-0.39, 0.29) is 23.5 Å². The number of ether oxygens (including phenoxy) is 1.